The van der Waals surface area contributed by atoms with Gasteiger partial charge in [0.05, 0.1) is 17.7 Å². The summed E-state index contributed by atoms with van der Waals surface area (Å²) in [7, 11) is 0. The molecule has 1 unspecified atom stereocenters. The summed E-state index contributed by atoms with van der Waals surface area (Å²) >= 11 is 0. The minimum Gasteiger partial charge on any atom is -0.459 e. The van der Waals surface area contributed by atoms with Crippen LogP contribution in [0.15, 0.2) is 18.2 Å². The van der Waals surface area contributed by atoms with Gasteiger partial charge >= 0.3 is 5.97 Å². The van der Waals surface area contributed by atoms with E-state index in [2.05, 4.69) is 15.5 Å². The number of likely N-dealkylation sites (tertiary alicyclic amines) is 1. The number of anilines is 1. The van der Waals surface area contributed by atoms with Gasteiger partial charge in [-0.05, 0) is 71.2 Å². The highest BCUT2D eigenvalue weighted by atomic mass is 16.6. The molecule has 1 atom stereocenters. The van der Waals surface area contributed by atoms with Crippen LogP contribution in [-0.4, -0.2) is 77.2 Å². The van der Waals surface area contributed by atoms with E-state index < -0.39 is 35.3 Å². The molecule has 35 heavy (non-hydrogen) atoms. The van der Waals surface area contributed by atoms with Crippen LogP contribution in [0.5, 0.6) is 0 Å². The second-order valence-corrected chi connectivity index (χ2v) is 10.4. The van der Waals surface area contributed by atoms with E-state index in [1.54, 1.807) is 18.2 Å². The van der Waals surface area contributed by atoms with Crippen molar-refractivity contribution in [2.24, 2.45) is 5.92 Å². The lowest BCUT2D eigenvalue weighted by Gasteiger charge is -2.32. The standard InChI is InChI=1S/C25H32N4O6/c1-25(2,3)35-20(31)14-28-11-9-15(10-12-28)13-26-17-6-4-5-16-21(17)24(34)29(23(16)33)18-7-8-19(30)27-22(18)32/h4-6,15,18,26H,7-14H2,1-3H3,(H,27,30,32). The topological polar surface area (TPSA) is 125 Å². The molecule has 4 amide bonds. The Labute approximate surface area is 204 Å². The molecular weight excluding hydrogens is 452 g/mol. The summed E-state index contributed by atoms with van der Waals surface area (Å²) in [5.41, 5.74) is 0.593. The number of amides is 4. The summed E-state index contributed by atoms with van der Waals surface area (Å²) < 4.78 is 5.40. The zero-order valence-corrected chi connectivity index (χ0v) is 20.4. The SMILES string of the molecule is CC(C)(C)OC(=O)CN1CCC(CNc2cccc3c2C(=O)N(C2CCC(=O)NC2=O)C3=O)CC1. The number of nitrogens with zero attached hydrogens (tertiary/aromatic N) is 2. The molecule has 3 heterocycles. The van der Waals surface area contributed by atoms with E-state index in [4.69, 9.17) is 4.74 Å². The predicted molar refractivity (Wildman–Crippen MR) is 127 cm³/mol. The van der Waals surface area contributed by atoms with E-state index >= 15 is 0 Å². The maximum atomic E-state index is 13.2. The minimum absolute atomic E-state index is 0.0849. The van der Waals surface area contributed by atoms with E-state index in [0.29, 0.717) is 18.2 Å². The first kappa shape index (κ1) is 24.8. The molecule has 3 aliphatic heterocycles. The monoisotopic (exact) mass is 484 g/mol. The first-order valence-corrected chi connectivity index (χ1v) is 12.1. The summed E-state index contributed by atoms with van der Waals surface area (Å²) in [6.07, 6.45) is 1.99. The summed E-state index contributed by atoms with van der Waals surface area (Å²) in [6.45, 7) is 8.01. The quantitative estimate of drug-likeness (QED) is 0.460. The van der Waals surface area contributed by atoms with Gasteiger partial charge in [0.25, 0.3) is 11.8 Å². The molecule has 1 aromatic rings. The number of carbonyl (C=O) groups excluding carboxylic acids is 5. The van der Waals surface area contributed by atoms with Crippen LogP contribution in [0.2, 0.25) is 0 Å². The summed E-state index contributed by atoms with van der Waals surface area (Å²) in [5.74, 6) is -1.93. The molecule has 188 valence electrons. The number of carbonyl (C=O) groups is 5. The Morgan fingerprint density at radius 3 is 2.46 bits per heavy atom. The average molecular weight is 485 g/mol. The highest BCUT2D eigenvalue weighted by Crippen LogP contribution is 2.32. The predicted octanol–water partition coefficient (Wildman–Crippen LogP) is 1.55. The molecule has 10 nitrogen and oxygen atoms in total. The molecule has 4 rings (SSSR count). The lowest BCUT2D eigenvalue weighted by molar-refractivity contribution is -0.156. The lowest BCUT2D eigenvalue weighted by atomic mass is 9.96. The minimum atomic E-state index is -0.984. The molecule has 0 spiro atoms. The van der Waals surface area contributed by atoms with Gasteiger partial charge in [0.15, 0.2) is 0 Å². The first-order valence-electron chi connectivity index (χ1n) is 12.1. The van der Waals surface area contributed by atoms with Gasteiger partial charge in [-0.2, -0.15) is 0 Å². The number of ether oxygens (including phenoxy) is 1. The second kappa shape index (κ2) is 9.77. The third kappa shape index (κ3) is 5.53. The zero-order chi connectivity index (χ0) is 25.3. The van der Waals surface area contributed by atoms with Gasteiger partial charge in [-0.3, -0.25) is 39.1 Å². The molecular formula is C25H32N4O6. The van der Waals surface area contributed by atoms with E-state index in [9.17, 15) is 24.0 Å². The van der Waals surface area contributed by atoms with Crippen molar-refractivity contribution < 1.29 is 28.7 Å². The van der Waals surface area contributed by atoms with Crippen molar-refractivity contribution in [1.29, 1.82) is 0 Å². The Hall–Kier alpha value is -3.27. The Kier molecular flexibility index (Phi) is 6.93. The molecule has 2 fully saturated rings. The van der Waals surface area contributed by atoms with Gasteiger partial charge in [0.1, 0.15) is 11.6 Å². The number of imide groups is 2. The maximum Gasteiger partial charge on any atom is 0.320 e. The Morgan fingerprint density at radius 1 is 1.09 bits per heavy atom. The highest BCUT2D eigenvalue weighted by Gasteiger charge is 2.45. The smallest absolute Gasteiger partial charge is 0.320 e. The van der Waals surface area contributed by atoms with Crippen molar-refractivity contribution in [3.63, 3.8) is 0 Å². The lowest BCUT2D eigenvalue weighted by Crippen LogP contribution is -2.54. The van der Waals surface area contributed by atoms with Gasteiger partial charge in [0.2, 0.25) is 11.8 Å². The maximum absolute atomic E-state index is 13.2. The van der Waals surface area contributed by atoms with Crippen LogP contribution in [0, 0.1) is 5.92 Å². The van der Waals surface area contributed by atoms with Crippen LogP contribution in [0.4, 0.5) is 5.69 Å². The van der Waals surface area contributed by atoms with Crippen molar-refractivity contribution in [3.8, 4) is 0 Å². The summed E-state index contributed by atoms with van der Waals surface area (Å²) in [5, 5.41) is 5.54. The van der Waals surface area contributed by atoms with Crippen LogP contribution < -0.4 is 10.6 Å². The fourth-order valence-corrected chi connectivity index (χ4v) is 4.82. The van der Waals surface area contributed by atoms with Crippen molar-refractivity contribution in [3.05, 3.63) is 29.3 Å². The van der Waals surface area contributed by atoms with Gasteiger partial charge in [0, 0.05) is 18.7 Å². The van der Waals surface area contributed by atoms with Gasteiger partial charge < -0.3 is 10.1 Å². The molecule has 1 aromatic carbocycles. The third-order valence-electron chi connectivity index (χ3n) is 6.53. The number of benzene rings is 1. The molecule has 0 aliphatic carbocycles. The molecule has 0 radical (unpaired) electrons. The molecule has 0 aromatic heterocycles. The Bertz CT molecular complexity index is 1050. The highest BCUT2D eigenvalue weighted by molar-refractivity contribution is 6.25. The number of fused-ring (bicyclic) bond motifs is 1. The molecule has 2 N–H and O–H groups in total. The fourth-order valence-electron chi connectivity index (χ4n) is 4.82. The van der Waals surface area contributed by atoms with Crippen LogP contribution in [0.25, 0.3) is 0 Å². The largest absolute Gasteiger partial charge is 0.459 e. The molecule has 0 bridgehead atoms. The van der Waals surface area contributed by atoms with E-state index in [1.165, 1.54) is 0 Å². The zero-order valence-electron chi connectivity index (χ0n) is 20.4. The van der Waals surface area contributed by atoms with Crippen LogP contribution >= 0.6 is 0 Å². The molecule has 3 aliphatic rings. The average Bonchev–Trinajstić information content (AvgIpc) is 3.03. The van der Waals surface area contributed by atoms with Gasteiger partial charge in [-0.15, -0.1) is 0 Å². The normalized spacial score (nSPS) is 21.7. The number of hydrogen-bond acceptors (Lipinski definition) is 8. The first-order chi connectivity index (χ1) is 16.5. The van der Waals surface area contributed by atoms with Crippen LogP contribution in [-0.2, 0) is 19.1 Å². The van der Waals surface area contributed by atoms with Crippen molar-refractivity contribution in [1.82, 2.24) is 15.1 Å². The van der Waals surface area contributed by atoms with E-state index in [1.807, 2.05) is 20.8 Å². The summed E-state index contributed by atoms with van der Waals surface area (Å²) in [4.78, 5) is 65.1. The van der Waals surface area contributed by atoms with Crippen molar-refractivity contribution in [2.45, 2.75) is 58.1 Å². The summed E-state index contributed by atoms with van der Waals surface area (Å²) in [6, 6.07) is 4.07. The number of rotatable bonds is 6. The van der Waals surface area contributed by atoms with Crippen molar-refractivity contribution in [2.75, 3.05) is 31.5 Å². The number of piperidine rings is 2. The molecule has 0 saturated carbocycles. The molecule has 2 saturated heterocycles. The third-order valence-corrected chi connectivity index (χ3v) is 6.53. The number of nitrogens with one attached hydrogen (secondary N) is 2. The van der Waals surface area contributed by atoms with Gasteiger partial charge in [-0.1, -0.05) is 6.07 Å². The van der Waals surface area contributed by atoms with Crippen molar-refractivity contribution >= 4 is 35.3 Å². The fraction of sp³-hybridized carbons (Fsp3) is 0.560. The number of hydrogen-bond donors (Lipinski definition) is 2. The van der Waals surface area contributed by atoms with Crippen LogP contribution in [0.3, 0.4) is 0 Å². The van der Waals surface area contributed by atoms with E-state index in [-0.39, 0.29) is 36.5 Å². The van der Waals surface area contributed by atoms with Gasteiger partial charge in [-0.25, -0.2) is 0 Å². The second-order valence-electron chi connectivity index (χ2n) is 10.4. The molecule has 10 heteroatoms. The Balaban J connectivity index is 1.35. The number of esters is 1. The van der Waals surface area contributed by atoms with E-state index in [0.717, 1.165) is 30.8 Å². The van der Waals surface area contributed by atoms with Crippen LogP contribution in [0.1, 0.15) is 67.2 Å². The Morgan fingerprint density at radius 2 is 1.80 bits per heavy atom.